The molecule has 2 aromatic rings. The standard InChI is InChI=1S/C24H28N2O5/c1-24(2)14-18(9-10-31-24)21(27)25-15-16-11-19(23(29)30-3)13-20(12-16)26-22(28)17-7-5-4-6-8-17/h4-8,11-13,18H,9-10,14-15H2,1-3H3,(H,25,27)(H,26,28)/t18-/m0/s1. The second kappa shape index (κ2) is 9.75. The van der Waals surface area contributed by atoms with Gasteiger partial charge in [-0.3, -0.25) is 9.59 Å². The molecular weight excluding hydrogens is 396 g/mol. The monoisotopic (exact) mass is 424 g/mol. The number of esters is 1. The van der Waals surface area contributed by atoms with E-state index in [4.69, 9.17) is 9.47 Å². The van der Waals surface area contributed by atoms with E-state index in [0.29, 0.717) is 41.8 Å². The molecular formula is C24H28N2O5. The molecule has 7 heteroatoms. The predicted octanol–water partition coefficient (Wildman–Crippen LogP) is 3.55. The lowest BCUT2D eigenvalue weighted by Crippen LogP contribution is -2.41. The summed E-state index contributed by atoms with van der Waals surface area (Å²) >= 11 is 0. The van der Waals surface area contributed by atoms with Crippen molar-refractivity contribution in [2.45, 2.75) is 38.8 Å². The van der Waals surface area contributed by atoms with Crippen molar-refractivity contribution in [1.82, 2.24) is 5.32 Å². The van der Waals surface area contributed by atoms with Crippen LogP contribution in [-0.4, -0.2) is 37.1 Å². The Morgan fingerprint density at radius 2 is 1.84 bits per heavy atom. The molecule has 0 spiro atoms. The highest BCUT2D eigenvalue weighted by Crippen LogP contribution is 2.28. The molecule has 0 bridgehead atoms. The first-order valence-corrected chi connectivity index (χ1v) is 10.3. The lowest BCUT2D eigenvalue weighted by molar-refractivity contribution is -0.135. The third-order valence-corrected chi connectivity index (χ3v) is 5.24. The van der Waals surface area contributed by atoms with Gasteiger partial charge < -0.3 is 20.1 Å². The number of anilines is 1. The number of amides is 2. The summed E-state index contributed by atoms with van der Waals surface area (Å²) < 4.78 is 10.5. The molecule has 31 heavy (non-hydrogen) atoms. The summed E-state index contributed by atoms with van der Waals surface area (Å²) in [6, 6.07) is 13.7. The van der Waals surface area contributed by atoms with Crippen molar-refractivity contribution in [2.24, 2.45) is 5.92 Å². The minimum Gasteiger partial charge on any atom is -0.465 e. The number of carbonyl (C=O) groups excluding carboxylic acids is 3. The van der Waals surface area contributed by atoms with E-state index in [-0.39, 0.29) is 29.9 Å². The Morgan fingerprint density at radius 1 is 1.10 bits per heavy atom. The largest absolute Gasteiger partial charge is 0.465 e. The fraction of sp³-hybridized carbons (Fsp3) is 0.375. The van der Waals surface area contributed by atoms with Gasteiger partial charge in [0.25, 0.3) is 5.91 Å². The van der Waals surface area contributed by atoms with Crippen molar-refractivity contribution in [1.29, 1.82) is 0 Å². The lowest BCUT2D eigenvalue weighted by atomic mass is 9.88. The van der Waals surface area contributed by atoms with Crippen molar-refractivity contribution in [3.63, 3.8) is 0 Å². The summed E-state index contributed by atoms with van der Waals surface area (Å²) in [6.07, 6.45) is 1.33. The molecule has 1 atom stereocenters. The van der Waals surface area contributed by atoms with Crippen LogP contribution in [0, 0.1) is 5.92 Å². The maximum Gasteiger partial charge on any atom is 0.337 e. The Kier molecular flexibility index (Phi) is 7.07. The van der Waals surface area contributed by atoms with E-state index < -0.39 is 5.97 Å². The molecule has 164 valence electrons. The highest BCUT2D eigenvalue weighted by molar-refractivity contribution is 6.05. The van der Waals surface area contributed by atoms with Gasteiger partial charge in [-0.2, -0.15) is 0 Å². The van der Waals surface area contributed by atoms with Crippen molar-refractivity contribution in [3.8, 4) is 0 Å². The molecule has 0 aromatic heterocycles. The number of nitrogens with one attached hydrogen (secondary N) is 2. The first kappa shape index (κ1) is 22.5. The summed E-state index contributed by atoms with van der Waals surface area (Å²) in [6.45, 7) is 4.75. The van der Waals surface area contributed by atoms with Gasteiger partial charge in [0, 0.05) is 30.3 Å². The smallest absolute Gasteiger partial charge is 0.337 e. The van der Waals surface area contributed by atoms with E-state index in [1.807, 2.05) is 19.9 Å². The maximum absolute atomic E-state index is 12.7. The van der Waals surface area contributed by atoms with Crippen LogP contribution >= 0.6 is 0 Å². The molecule has 3 rings (SSSR count). The summed E-state index contributed by atoms with van der Waals surface area (Å²) in [5.41, 5.74) is 1.62. The molecule has 1 saturated heterocycles. The van der Waals surface area contributed by atoms with Crippen molar-refractivity contribution >= 4 is 23.5 Å². The minimum absolute atomic E-state index is 0.0466. The van der Waals surface area contributed by atoms with Gasteiger partial charge in [-0.25, -0.2) is 4.79 Å². The number of rotatable bonds is 6. The Morgan fingerprint density at radius 3 is 2.52 bits per heavy atom. The van der Waals surface area contributed by atoms with Crippen LogP contribution in [0.4, 0.5) is 5.69 Å². The fourth-order valence-electron chi connectivity index (χ4n) is 3.68. The van der Waals surface area contributed by atoms with Crippen LogP contribution in [0.3, 0.4) is 0 Å². The lowest BCUT2D eigenvalue weighted by Gasteiger charge is -2.34. The van der Waals surface area contributed by atoms with Crippen LogP contribution in [0.1, 0.15) is 53.0 Å². The molecule has 1 heterocycles. The van der Waals surface area contributed by atoms with Crippen LogP contribution in [0.5, 0.6) is 0 Å². The van der Waals surface area contributed by atoms with Crippen LogP contribution in [0.2, 0.25) is 0 Å². The van der Waals surface area contributed by atoms with Crippen LogP contribution in [-0.2, 0) is 20.8 Å². The average Bonchev–Trinajstić information content (AvgIpc) is 2.76. The van der Waals surface area contributed by atoms with Gasteiger partial charge in [0.1, 0.15) is 0 Å². The zero-order valence-corrected chi connectivity index (χ0v) is 18.1. The first-order valence-electron chi connectivity index (χ1n) is 10.3. The Hall–Kier alpha value is -3.19. The highest BCUT2D eigenvalue weighted by atomic mass is 16.5. The van der Waals surface area contributed by atoms with E-state index in [1.165, 1.54) is 7.11 Å². The molecule has 7 nitrogen and oxygen atoms in total. The van der Waals surface area contributed by atoms with Gasteiger partial charge in [0.05, 0.1) is 18.3 Å². The van der Waals surface area contributed by atoms with Gasteiger partial charge in [0.2, 0.25) is 5.91 Å². The Labute approximate surface area is 182 Å². The van der Waals surface area contributed by atoms with Gasteiger partial charge in [-0.05, 0) is 62.6 Å². The molecule has 0 radical (unpaired) electrons. The number of hydrogen-bond donors (Lipinski definition) is 2. The van der Waals surface area contributed by atoms with Gasteiger partial charge in [-0.15, -0.1) is 0 Å². The summed E-state index contributed by atoms with van der Waals surface area (Å²) in [5, 5.41) is 5.75. The zero-order chi connectivity index (χ0) is 22.4. The fourth-order valence-corrected chi connectivity index (χ4v) is 3.68. The molecule has 0 unspecified atom stereocenters. The molecule has 2 amide bonds. The SMILES string of the molecule is COC(=O)c1cc(CNC(=O)[C@H]2CCOC(C)(C)C2)cc(NC(=O)c2ccccc2)c1. The third kappa shape index (κ3) is 6.15. The quantitative estimate of drug-likeness (QED) is 0.692. The Balaban J connectivity index is 1.73. The van der Waals surface area contributed by atoms with Crippen LogP contribution in [0.25, 0.3) is 0 Å². The van der Waals surface area contributed by atoms with Crippen molar-refractivity contribution in [2.75, 3.05) is 19.0 Å². The minimum atomic E-state index is -0.519. The van der Waals surface area contributed by atoms with Gasteiger partial charge in [0.15, 0.2) is 0 Å². The zero-order valence-electron chi connectivity index (χ0n) is 18.1. The van der Waals surface area contributed by atoms with E-state index in [2.05, 4.69) is 10.6 Å². The normalized spacial score (nSPS) is 17.5. The van der Waals surface area contributed by atoms with E-state index in [1.54, 1.807) is 42.5 Å². The van der Waals surface area contributed by atoms with E-state index in [0.717, 1.165) is 0 Å². The second-order valence-electron chi connectivity index (χ2n) is 8.25. The number of carbonyl (C=O) groups is 3. The molecule has 1 fully saturated rings. The molecule has 1 aliphatic rings. The second-order valence-corrected chi connectivity index (χ2v) is 8.25. The van der Waals surface area contributed by atoms with E-state index in [9.17, 15) is 14.4 Å². The molecule has 2 N–H and O–H groups in total. The van der Waals surface area contributed by atoms with Gasteiger partial charge >= 0.3 is 5.97 Å². The van der Waals surface area contributed by atoms with E-state index >= 15 is 0 Å². The third-order valence-electron chi connectivity index (χ3n) is 5.24. The summed E-state index contributed by atoms with van der Waals surface area (Å²) in [7, 11) is 1.30. The first-order chi connectivity index (χ1) is 14.8. The highest BCUT2D eigenvalue weighted by Gasteiger charge is 2.32. The van der Waals surface area contributed by atoms with Gasteiger partial charge in [-0.1, -0.05) is 18.2 Å². The topological polar surface area (TPSA) is 93.7 Å². The summed E-state index contributed by atoms with van der Waals surface area (Å²) in [5.74, 6) is -0.976. The molecule has 0 saturated carbocycles. The number of hydrogen-bond acceptors (Lipinski definition) is 5. The van der Waals surface area contributed by atoms with Crippen LogP contribution < -0.4 is 10.6 Å². The molecule has 1 aliphatic heterocycles. The molecule has 0 aliphatic carbocycles. The van der Waals surface area contributed by atoms with Crippen molar-refractivity contribution < 1.29 is 23.9 Å². The maximum atomic E-state index is 12.7. The Bertz CT molecular complexity index is 956. The number of benzene rings is 2. The average molecular weight is 424 g/mol. The number of ether oxygens (including phenoxy) is 2. The number of methoxy groups -OCH3 is 1. The molecule has 2 aromatic carbocycles. The summed E-state index contributed by atoms with van der Waals surface area (Å²) in [4.78, 5) is 37.2. The van der Waals surface area contributed by atoms with Crippen molar-refractivity contribution in [3.05, 3.63) is 65.2 Å². The van der Waals surface area contributed by atoms with Crippen LogP contribution in [0.15, 0.2) is 48.5 Å². The predicted molar refractivity (Wildman–Crippen MR) is 117 cm³/mol.